The number of amides is 2. The zero-order chi connectivity index (χ0) is 15.5. The van der Waals surface area contributed by atoms with E-state index in [2.05, 4.69) is 10.6 Å². The van der Waals surface area contributed by atoms with Gasteiger partial charge in [-0.3, -0.25) is 9.59 Å². The molecule has 0 unspecified atom stereocenters. The Kier molecular flexibility index (Phi) is 6.25. The molecule has 4 N–H and O–H groups in total. The molecule has 0 saturated heterocycles. The van der Waals surface area contributed by atoms with Crippen LogP contribution in [-0.2, 0) is 4.79 Å². The Bertz CT molecular complexity index is 551. The van der Waals surface area contributed by atoms with Crippen LogP contribution in [-0.4, -0.2) is 30.8 Å². The molecule has 0 atom stereocenters. The highest BCUT2D eigenvalue weighted by Gasteiger charge is 2.30. The number of nitrogens with two attached hydrogens (primary N) is 1. The van der Waals surface area contributed by atoms with Gasteiger partial charge in [0, 0.05) is 17.2 Å². The number of carbonyl (C=O) groups is 2. The second-order valence-electron chi connectivity index (χ2n) is 5.09. The van der Waals surface area contributed by atoms with E-state index in [1.54, 1.807) is 12.1 Å². The van der Waals surface area contributed by atoms with Crippen LogP contribution in [0, 0.1) is 5.92 Å². The van der Waals surface area contributed by atoms with Crippen LogP contribution >= 0.6 is 12.4 Å². The summed E-state index contributed by atoms with van der Waals surface area (Å²) in [6.07, 6.45) is 1.75. The van der Waals surface area contributed by atoms with Crippen molar-refractivity contribution in [2.24, 2.45) is 11.7 Å². The molecule has 2 rings (SSSR count). The van der Waals surface area contributed by atoms with Crippen LogP contribution in [0.2, 0.25) is 0 Å². The van der Waals surface area contributed by atoms with E-state index in [9.17, 15) is 18.4 Å². The van der Waals surface area contributed by atoms with Gasteiger partial charge in [-0.1, -0.05) is 6.07 Å². The number of alkyl halides is 2. The van der Waals surface area contributed by atoms with Crippen LogP contribution in [0.3, 0.4) is 0 Å². The van der Waals surface area contributed by atoms with Crippen LogP contribution in [0.25, 0.3) is 0 Å². The fraction of sp³-hybridized carbons (Fsp3) is 0.429. The fourth-order valence-corrected chi connectivity index (χ4v) is 1.71. The predicted molar refractivity (Wildman–Crippen MR) is 81.4 cm³/mol. The van der Waals surface area contributed by atoms with Crippen LogP contribution in [0.15, 0.2) is 24.3 Å². The van der Waals surface area contributed by atoms with Crippen molar-refractivity contribution < 1.29 is 18.4 Å². The molecule has 1 saturated carbocycles. The molecule has 1 aromatic carbocycles. The summed E-state index contributed by atoms with van der Waals surface area (Å²) in [5.41, 5.74) is 5.58. The molecule has 5 nitrogen and oxygen atoms in total. The Morgan fingerprint density at radius 1 is 1.32 bits per heavy atom. The smallest absolute Gasteiger partial charge is 0.277 e. The van der Waals surface area contributed by atoms with Crippen molar-refractivity contribution in [3.05, 3.63) is 29.8 Å². The highest BCUT2D eigenvalue weighted by molar-refractivity contribution is 5.98. The van der Waals surface area contributed by atoms with Gasteiger partial charge in [0.1, 0.15) is 0 Å². The minimum atomic E-state index is -3.13. The largest absolute Gasteiger partial charge is 0.346 e. The van der Waals surface area contributed by atoms with E-state index in [1.807, 2.05) is 0 Å². The van der Waals surface area contributed by atoms with Gasteiger partial charge < -0.3 is 16.4 Å². The summed E-state index contributed by atoms with van der Waals surface area (Å²) < 4.78 is 26.0. The molecule has 0 aromatic heterocycles. The fourth-order valence-electron chi connectivity index (χ4n) is 1.71. The molecule has 1 aliphatic rings. The van der Waals surface area contributed by atoms with E-state index in [1.165, 1.54) is 12.1 Å². The molecule has 22 heavy (non-hydrogen) atoms. The number of carbonyl (C=O) groups excluding carboxylic acids is 2. The Balaban J connectivity index is 0.00000242. The lowest BCUT2D eigenvalue weighted by molar-refractivity contribution is -0.117. The molecule has 2 amide bonds. The molecule has 0 aliphatic heterocycles. The molecular weight excluding hydrogens is 316 g/mol. The van der Waals surface area contributed by atoms with Gasteiger partial charge in [-0.25, -0.2) is 8.78 Å². The SMILES string of the molecule is Cl.NCC(F)(F)CNC(=O)c1cccc(NC(=O)C2CC2)c1. The number of hydrogen-bond acceptors (Lipinski definition) is 3. The van der Waals surface area contributed by atoms with Crippen molar-refractivity contribution in [2.45, 2.75) is 18.8 Å². The Labute approximate surface area is 133 Å². The van der Waals surface area contributed by atoms with Crippen molar-refractivity contribution >= 4 is 29.9 Å². The molecule has 1 aromatic rings. The van der Waals surface area contributed by atoms with Crippen molar-refractivity contribution in [1.29, 1.82) is 0 Å². The lowest BCUT2D eigenvalue weighted by Gasteiger charge is -2.14. The van der Waals surface area contributed by atoms with Gasteiger partial charge in [0.05, 0.1) is 13.1 Å². The predicted octanol–water partition coefficient (Wildman–Crippen LogP) is 1.78. The summed E-state index contributed by atoms with van der Waals surface area (Å²) in [5.74, 6) is -3.80. The van der Waals surface area contributed by atoms with Gasteiger partial charge in [0.25, 0.3) is 11.8 Å². The number of halogens is 3. The zero-order valence-electron chi connectivity index (χ0n) is 11.8. The first-order valence-electron chi connectivity index (χ1n) is 6.68. The third-order valence-corrected chi connectivity index (χ3v) is 3.15. The normalized spacial score (nSPS) is 14.0. The minimum Gasteiger partial charge on any atom is -0.346 e. The standard InChI is InChI=1S/C14H17F2N3O2.ClH/c15-14(16,7-17)8-18-12(20)10-2-1-3-11(6-10)19-13(21)9-4-5-9;/h1-3,6,9H,4-5,7-8,17H2,(H,18,20)(H,19,21);1H. The monoisotopic (exact) mass is 333 g/mol. The van der Waals surface area contributed by atoms with Gasteiger partial charge in [-0.15, -0.1) is 12.4 Å². The van der Waals surface area contributed by atoms with Crippen molar-refractivity contribution in [1.82, 2.24) is 5.32 Å². The quantitative estimate of drug-likeness (QED) is 0.742. The van der Waals surface area contributed by atoms with E-state index in [0.29, 0.717) is 5.69 Å². The molecule has 1 aliphatic carbocycles. The number of nitrogens with one attached hydrogen (secondary N) is 2. The number of hydrogen-bond donors (Lipinski definition) is 3. The first-order valence-corrected chi connectivity index (χ1v) is 6.68. The minimum absolute atomic E-state index is 0. The summed E-state index contributed by atoms with van der Waals surface area (Å²) in [6, 6.07) is 6.17. The molecule has 0 bridgehead atoms. The Morgan fingerprint density at radius 3 is 2.59 bits per heavy atom. The molecular formula is C14H18ClF2N3O2. The third kappa shape index (κ3) is 5.23. The van der Waals surface area contributed by atoms with E-state index in [-0.39, 0.29) is 29.8 Å². The molecule has 0 heterocycles. The average molecular weight is 334 g/mol. The van der Waals surface area contributed by atoms with Gasteiger partial charge in [0.15, 0.2) is 0 Å². The van der Waals surface area contributed by atoms with E-state index in [4.69, 9.17) is 5.73 Å². The van der Waals surface area contributed by atoms with Crippen LogP contribution in [0.4, 0.5) is 14.5 Å². The van der Waals surface area contributed by atoms with Crippen molar-refractivity contribution in [3.8, 4) is 0 Å². The Hall–Kier alpha value is -1.73. The van der Waals surface area contributed by atoms with Crippen LogP contribution < -0.4 is 16.4 Å². The highest BCUT2D eigenvalue weighted by atomic mass is 35.5. The van der Waals surface area contributed by atoms with Crippen molar-refractivity contribution in [2.75, 3.05) is 18.4 Å². The maximum atomic E-state index is 13.0. The van der Waals surface area contributed by atoms with E-state index in [0.717, 1.165) is 12.8 Å². The number of rotatable bonds is 6. The molecule has 8 heteroatoms. The average Bonchev–Trinajstić information content (AvgIpc) is 3.30. The van der Waals surface area contributed by atoms with E-state index < -0.39 is 24.9 Å². The van der Waals surface area contributed by atoms with Gasteiger partial charge >= 0.3 is 0 Å². The van der Waals surface area contributed by atoms with Gasteiger partial charge in [0.2, 0.25) is 5.91 Å². The topological polar surface area (TPSA) is 84.2 Å². The van der Waals surface area contributed by atoms with Crippen molar-refractivity contribution in [3.63, 3.8) is 0 Å². The summed E-state index contributed by atoms with van der Waals surface area (Å²) >= 11 is 0. The molecule has 0 spiro atoms. The first-order chi connectivity index (χ1) is 9.91. The van der Waals surface area contributed by atoms with E-state index >= 15 is 0 Å². The van der Waals surface area contributed by atoms with Crippen LogP contribution in [0.1, 0.15) is 23.2 Å². The summed E-state index contributed by atoms with van der Waals surface area (Å²) in [6.45, 7) is -1.65. The second kappa shape index (κ2) is 7.51. The number of anilines is 1. The van der Waals surface area contributed by atoms with Gasteiger partial charge in [-0.2, -0.15) is 0 Å². The molecule has 0 radical (unpaired) electrons. The molecule has 122 valence electrons. The number of benzene rings is 1. The maximum absolute atomic E-state index is 13.0. The second-order valence-corrected chi connectivity index (χ2v) is 5.09. The van der Waals surface area contributed by atoms with Gasteiger partial charge in [-0.05, 0) is 31.0 Å². The zero-order valence-corrected chi connectivity index (χ0v) is 12.6. The highest BCUT2D eigenvalue weighted by Crippen LogP contribution is 2.30. The lowest BCUT2D eigenvalue weighted by Crippen LogP contribution is -2.41. The summed E-state index contributed by atoms with van der Waals surface area (Å²) in [5, 5.41) is 4.82. The molecule has 1 fully saturated rings. The third-order valence-electron chi connectivity index (χ3n) is 3.15. The maximum Gasteiger partial charge on any atom is 0.277 e. The summed E-state index contributed by atoms with van der Waals surface area (Å²) in [4.78, 5) is 23.4. The lowest BCUT2D eigenvalue weighted by atomic mass is 10.1. The summed E-state index contributed by atoms with van der Waals surface area (Å²) in [7, 11) is 0. The van der Waals surface area contributed by atoms with Crippen LogP contribution in [0.5, 0.6) is 0 Å². The Morgan fingerprint density at radius 2 is 2.00 bits per heavy atom. The first kappa shape index (κ1) is 18.3.